The lowest BCUT2D eigenvalue weighted by atomic mass is 10.8. The molecule has 0 amide bonds. The summed E-state index contributed by atoms with van der Waals surface area (Å²) in [6.45, 7) is 3.34. The van der Waals surface area contributed by atoms with Gasteiger partial charge in [-0.2, -0.15) is 0 Å². The van der Waals surface area contributed by atoms with E-state index in [1.165, 1.54) is 6.20 Å². The third-order valence-electron chi connectivity index (χ3n) is 0.463. The van der Waals surface area contributed by atoms with Crippen LogP contribution < -0.4 is 0 Å². The molecule has 0 N–H and O–H groups in total. The fourth-order valence-electron chi connectivity index (χ4n) is 0.219. The van der Waals surface area contributed by atoms with E-state index in [1.54, 1.807) is 6.34 Å². The van der Waals surface area contributed by atoms with Crippen LogP contribution in [0.15, 0.2) is 23.5 Å². The van der Waals surface area contributed by atoms with Gasteiger partial charge in [0.1, 0.15) is 0 Å². The van der Waals surface area contributed by atoms with Crippen LogP contribution in [0.5, 0.6) is 0 Å². The van der Waals surface area contributed by atoms with Gasteiger partial charge in [0.2, 0.25) is 0 Å². The number of rotatable bonds is 2. The molecule has 0 heterocycles. The zero-order chi connectivity index (χ0) is 6.41. The van der Waals surface area contributed by atoms with Crippen molar-refractivity contribution in [3.63, 3.8) is 0 Å². The Labute approximate surface area is 49.8 Å². The molecule has 0 aliphatic heterocycles. The molecule has 0 aromatic heterocycles. The highest BCUT2D eigenvalue weighted by Crippen LogP contribution is 1.68. The Morgan fingerprint density at radius 3 is 2.62 bits per heavy atom. The van der Waals surface area contributed by atoms with Gasteiger partial charge < -0.3 is 4.90 Å². The van der Waals surface area contributed by atoms with Gasteiger partial charge in [0.25, 0.3) is 0 Å². The van der Waals surface area contributed by atoms with Crippen molar-refractivity contribution in [2.24, 2.45) is 4.99 Å². The third kappa shape index (κ3) is 4.99. The molecule has 0 spiro atoms. The first-order valence-electron chi connectivity index (χ1n) is 2.31. The minimum Gasteiger partial charge on any atom is -0.369 e. The lowest BCUT2D eigenvalue weighted by Crippen LogP contribution is -2.06. The van der Waals surface area contributed by atoms with Crippen LogP contribution in [0.25, 0.3) is 0 Å². The first-order valence-corrected chi connectivity index (χ1v) is 2.31. The van der Waals surface area contributed by atoms with Crippen LogP contribution in [0.4, 0.5) is 0 Å². The van der Waals surface area contributed by atoms with Gasteiger partial charge >= 0.3 is 0 Å². The number of hydrogen-bond donors (Lipinski definition) is 0. The van der Waals surface area contributed by atoms with Gasteiger partial charge in [0.05, 0.1) is 12.5 Å². The Kier molecular flexibility index (Phi) is 3.63. The summed E-state index contributed by atoms with van der Waals surface area (Å²) in [4.78, 5) is 5.63. The molecule has 0 bridgehead atoms. The largest absolute Gasteiger partial charge is 0.369 e. The van der Waals surface area contributed by atoms with E-state index in [4.69, 9.17) is 0 Å². The smallest absolute Gasteiger partial charge is 0.0907 e. The van der Waals surface area contributed by atoms with E-state index >= 15 is 0 Å². The maximum absolute atomic E-state index is 3.79. The van der Waals surface area contributed by atoms with Crippen LogP contribution >= 0.6 is 0 Å². The minimum absolute atomic E-state index is 1.51. The molecule has 2 heteroatoms. The molecular formula is C6H10N2. The molecule has 0 aliphatic rings. The van der Waals surface area contributed by atoms with Crippen LogP contribution in [0, 0.1) is 0 Å². The standard InChI is InChI=1S/C6H10N2/c1-4-5-7-6-8(2)3/h5-6H,1H2,2-3H3/b7-6-. The molecule has 0 unspecified atom stereocenters. The summed E-state index contributed by atoms with van der Waals surface area (Å²) in [6, 6.07) is 0. The maximum Gasteiger partial charge on any atom is 0.0907 e. The summed E-state index contributed by atoms with van der Waals surface area (Å²) < 4.78 is 0. The molecule has 0 radical (unpaired) electrons. The molecule has 0 saturated carbocycles. The second kappa shape index (κ2) is 4.16. The third-order valence-corrected chi connectivity index (χ3v) is 0.463. The minimum atomic E-state index is 1.51. The lowest BCUT2D eigenvalue weighted by Gasteiger charge is -1.98. The average molecular weight is 110 g/mol. The van der Waals surface area contributed by atoms with Gasteiger partial charge in [-0.05, 0) is 0 Å². The zero-order valence-corrected chi connectivity index (χ0v) is 5.26. The molecule has 0 fully saturated rings. The van der Waals surface area contributed by atoms with Crippen LogP contribution in [-0.4, -0.2) is 25.3 Å². The van der Waals surface area contributed by atoms with Crippen molar-refractivity contribution >= 4 is 6.34 Å². The van der Waals surface area contributed by atoms with E-state index in [0.29, 0.717) is 0 Å². The summed E-state index contributed by atoms with van der Waals surface area (Å²) in [7, 11) is 3.81. The second-order valence-corrected chi connectivity index (χ2v) is 1.56. The van der Waals surface area contributed by atoms with Crippen molar-refractivity contribution in [3.05, 3.63) is 18.5 Å². The SMILES string of the molecule is C=C=C/N=C\N(C)C. The first-order chi connectivity index (χ1) is 3.77. The van der Waals surface area contributed by atoms with E-state index in [1.807, 2.05) is 19.0 Å². The highest BCUT2D eigenvalue weighted by molar-refractivity contribution is 5.54. The van der Waals surface area contributed by atoms with Gasteiger partial charge in [-0.3, -0.25) is 0 Å². The molecule has 8 heavy (non-hydrogen) atoms. The van der Waals surface area contributed by atoms with E-state index in [9.17, 15) is 0 Å². The number of hydrogen-bond acceptors (Lipinski definition) is 1. The topological polar surface area (TPSA) is 15.6 Å². The Hall–Kier alpha value is -1.01. The van der Waals surface area contributed by atoms with Crippen LogP contribution in [-0.2, 0) is 0 Å². The van der Waals surface area contributed by atoms with E-state index in [2.05, 4.69) is 17.3 Å². The maximum atomic E-state index is 3.79. The number of nitrogens with zero attached hydrogens (tertiary/aromatic N) is 2. The van der Waals surface area contributed by atoms with E-state index < -0.39 is 0 Å². The number of aliphatic imine (C=N–C) groups is 1. The molecule has 0 saturated heterocycles. The van der Waals surface area contributed by atoms with Crippen molar-refractivity contribution < 1.29 is 0 Å². The van der Waals surface area contributed by atoms with E-state index in [-0.39, 0.29) is 0 Å². The van der Waals surface area contributed by atoms with Crippen molar-refractivity contribution in [1.82, 2.24) is 4.90 Å². The summed E-state index contributed by atoms with van der Waals surface area (Å²) in [6.07, 6.45) is 3.19. The van der Waals surface area contributed by atoms with Gasteiger partial charge in [-0.1, -0.05) is 6.58 Å². The molecule has 0 rings (SSSR count). The fourth-order valence-corrected chi connectivity index (χ4v) is 0.219. The van der Waals surface area contributed by atoms with Gasteiger partial charge in [0.15, 0.2) is 0 Å². The van der Waals surface area contributed by atoms with Gasteiger partial charge in [0, 0.05) is 14.1 Å². The zero-order valence-electron chi connectivity index (χ0n) is 5.26. The summed E-state index contributed by atoms with van der Waals surface area (Å²) in [5, 5.41) is 0. The first kappa shape index (κ1) is 6.99. The molecule has 0 aliphatic carbocycles. The lowest BCUT2D eigenvalue weighted by molar-refractivity contribution is 0.643. The van der Waals surface area contributed by atoms with Crippen molar-refractivity contribution in [3.8, 4) is 0 Å². The molecule has 0 atom stereocenters. The molecule has 44 valence electrons. The van der Waals surface area contributed by atoms with Gasteiger partial charge in [-0.15, -0.1) is 5.73 Å². The Morgan fingerprint density at radius 1 is 1.62 bits per heavy atom. The molecule has 0 aromatic carbocycles. The molecule has 2 nitrogen and oxygen atoms in total. The van der Waals surface area contributed by atoms with Crippen LogP contribution in [0.2, 0.25) is 0 Å². The molecule has 0 aromatic rings. The highest BCUT2D eigenvalue weighted by atomic mass is 15.1. The van der Waals surface area contributed by atoms with Crippen molar-refractivity contribution in [2.45, 2.75) is 0 Å². The summed E-state index contributed by atoms with van der Waals surface area (Å²) in [5.74, 6) is 0. The molecular weight excluding hydrogens is 100 g/mol. The summed E-state index contributed by atoms with van der Waals surface area (Å²) >= 11 is 0. The highest BCUT2D eigenvalue weighted by Gasteiger charge is 1.69. The van der Waals surface area contributed by atoms with Crippen molar-refractivity contribution in [2.75, 3.05) is 14.1 Å². The normalized spacial score (nSPS) is 8.75. The Morgan fingerprint density at radius 2 is 2.25 bits per heavy atom. The second-order valence-electron chi connectivity index (χ2n) is 1.56. The van der Waals surface area contributed by atoms with E-state index in [0.717, 1.165) is 0 Å². The predicted octanol–water partition coefficient (Wildman–Crippen LogP) is 0.875. The van der Waals surface area contributed by atoms with Crippen LogP contribution in [0.1, 0.15) is 0 Å². The van der Waals surface area contributed by atoms with Crippen molar-refractivity contribution in [1.29, 1.82) is 0 Å². The Balaban J connectivity index is 3.49. The predicted molar refractivity (Wildman–Crippen MR) is 35.9 cm³/mol. The van der Waals surface area contributed by atoms with Gasteiger partial charge in [-0.25, -0.2) is 4.99 Å². The average Bonchev–Trinajstić information content (AvgIpc) is 1.66. The quantitative estimate of drug-likeness (QED) is 0.292. The van der Waals surface area contributed by atoms with Crippen LogP contribution in [0.3, 0.4) is 0 Å². The monoisotopic (exact) mass is 110 g/mol. The Bertz CT molecular complexity index is 118. The fraction of sp³-hybridized carbons (Fsp3) is 0.333. The summed E-state index contributed by atoms with van der Waals surface area (Å²) in [5.41, 5.74) is 2.52.